The molecule has 11 nitrogen and oxygen atoms in total. The average molecular weight is 707 g/mol. The van der Waals surface area contributed by atoms with E-state index in [0.29, 0.717) is 31.8 Å². The van der Waals surface area contributed by atoms with Crippen LogP contribution < -0.4 is 16.0 Å². The van der Waals surface area contributed by atoms with Crippen molar-refractivity contribution in [3.63, 3.8) is 0 Å². The van der Waals surface area contributed by atoms with Crippen molar-refractivity contribution in [2.24, 2.45) is 0 Å². The monoisotopic (exact) mass is 706 g/mol. The van der Waals surface area contributed by atoms with E-state index in [1.54, 1.807) is 34.9 Å². The van der Waals surface area contributed by atoms with Crippen LogP contribution in [0.15, 0.2) is 77.8 Å². The van der Waals surface area contributed by atoms with E-state index in [9.17, 15) is 19.5 Å². The Balaban J connectivity index is 1.42. The van der Waals surface area contributed by atoms with Crippen molar-refractivity contribution in [3.8, 4) is 0 Å². The van der Waals surface area contributed by atoms with Gasteiger partial charge >= 0.3 is 12.1 Å². The molecule has 2 heterocycles. The molecule has 2 aromatic heterocycles. The van der Waals surface area contributed by atoms with Crippen molar-refractivity contribution in [3.05, 3.63) is 104 Å². The number of aromatic nitrogens is 2. The predicted molar refractivity (Wildman–Crippen MR) is 192 cm³/mol. The lowest BCUT2D eigenvalue weighted by Gasteiger charge is -2.29. The van der Waals surface area contributed by atoms with Gasteiger partial charge in [-0.15, -0.1) is 22.7 Å². The van der Waals surface area contributed by atoms with Gasteiger partial charge in [0.25, 0.3) is 0 Å². The van der Waals surface area contributed by atoms with Crippen LogP contribution in [-0.4, -0.2) is 68.8 Å². The third kappa shape index (κ3) is 12.3. The number of thiazole rings is 2. The van der Waals surface area contributed by atoms with Crippen molar-refractivity contribution in [1.82, 2.24) is 30.8 Å². The van der Waals surface area contributed by atoms with Crippen LogP contribution in [0.3, 0.4) is 0 Å². The van der Waals surface area contributed by atoms with Crippen LogP contribution in [0.5, 0.6) is 0 Å². The molecule has 2 aromatic carbocycles. The molecule has 4 N–H and O–H groups in total. The number of alkyl carbamates (subject to hydrolysis) is 1. The molecule has 0 aliphatic rings. The highest BCUT2D eigenvalue weighted by Crippen LogP contribution is 2.20. The normalized spacial score (nSPS) is 13.6. The van der Waals surface area contributed by atoms with Gasteiger partial charge in [0.05, 0.1) is 39.8 Å². The number of carbonyl (C=O) groups is 3. The van der Waals surface area contributed by atoms with Gasteiger partial charge in [-0.25, -0.2) is 14.6 Å². The first-order valence-corrected chi connectivity index (χ1v) is 18.2. The molecule has 262 valence electrons. The van der Waals surface area contributed by atoms with Gasteiger partial charge in [-0.1, -0.05) is 74.5 Å². The third-order valence-electron chi connectivity index (χ3n) is 7.91. The zero-order valence-electron chi connectivity index (χ0n) is 28.4. The number of urea groups is 1. The Kier molecular flexibility index (Phi) is 14.5. The van der Waals surface area contributed by atoms with Crippen LogP contribution in [-0.2, 0) is 35.5 Å². The van der Waals surface area contributed by atoms with E-state index in [1.165, 1.54) is 11.3 Å². The number of ether oxygens (including phenoxy) is 1. The summed E-state index contributed by atoms with van der Waals surface area (Å²) in [5.74, 6) is -0.0778. The number of aliphatic hydroxyl groups excluding tert-OH is 1. The quantitative estimate of drug-likeness (QED) is 0.111. The Morgan fingerprint density at radius 3 is 2.18 bits per heavy atom. The molecule has 0 unspecified atom stereocenters. The maximum absolute atomic E-state index is 13.5. The molecule has 0 fully saturated rings. The fourth-order valence-electron chi connectivity index (χ4n) is 5.19. The molecule has 0 bridgehead atoms. The molecule has 4 amide bonds. The van der Waals surface area contributed by atoms with E-state index < -0.39 is 30.3 Å². The van der Waals surface area contributed by atoms with E-state index in [1.807, 2.05) is 73.0 Å². The van der Waals surface area contributed by atoms with E-state index in [-0.39, 0.29) is 25.0 Å². The minimum Gasteiger partial charge on any atom is -0.444 e. The van der Waals surface area contributed by atoms with E-state index >= 15 is 0 Å². The van der Waals surface area contributed by atoms with Gasteiger partial charge < -0.3 is 30.7 Å². The predicted octanol–water partition coefficient (Wildman–Crippen LogP) is 5.66. The maximum Gasteiger partial charge on any atom is 0.407 e. The van der Waals surface area contributed by atoms with Gasteiger partial charge in [0.2, 0.25) is 5.91 Å². The first kappa shape index (κ1) is 37.5. The molecule has 13 heteroatoms. The summed E-state index contributed by atoms with van der Waals surface area (Å²) in [5, 5.41) is 23.3. The Bertz CT molecular complexity index is 1590. The van der Waals surface area contributed by atoms with Gasteiger partial charge in [0.15, 0.2) is 0 Å². The molecule has 0 aliphatic carbocycles. The van der Waals surface area contributed by atoms with Crippen LogP contribution >= 0.6 is 22.7 Å². The van der Waals surface area contributed by atoms with E-state index in [2.05, 4.69) is 39.8 Å². The van der Waals surface area contributed by atoms with Gasteiger partial charge in [-0.05, 0) is 44.2 Å². The molecular weight excluding hydrogens is 661 g/mol. The highest BCUT2D eigenvalue weighted by atomic mass is 32.1. The lowest BCUT2D eigenvalue weighted by atomic mass is 9.93. The first-order valence-electron chi connectivity index (χ1n) is 16.5. The fourth-order valence-corrected chi connectivity index (χ4v) is 6.53. The standard InChI is InChI=1S/C36H46N6O5S2/c1-5-42(20-29-22-48-34(40-29)24(2)3)35(45)38-25(4)33(44)39-28(16-26-12-8-6-9-13-26)18-32(43)31(17-27-14-10-7-11-15-27)41-36(46)47-21-30-19-37-23-49-30/h6-15,19,22-25,28,31-32,43H,5,16-18,20-21H2,1-4H3,(H,38,45)(H,39,44)(H,41,46)/t25-,28-,31-,32-/m0/s1. The third-order valence-corrected chi connectivity index (χ3v) is 9.86. The van der Waals surface area contributed by atoms with Gasteiger partial charge in [-0.3, -0.25) is 9.78 Å². The molecule has 0 saturated heterocycles. The lowest BCUT2D eigenvalue weighted by molar-refractivity contribution is -0.123. The molecule has 0 radical (unpaired) electrons. The Labute approximate surface area is 296 Å². The molecule has 4 aromatic rings. The van der Waals surface area contributed by atoms with Crippen molar-refractivity contribution < 1.29 is 24.2 Å². The Hall–Kier alpha value is -4.33. The highest BCUT2D eigenvalue weighted by Gasteiger charge is 2.28. The van der Waals surface area contributed by atoms with Crippen LogP contribution in [0.25, 0.3) is 0 Å². The van der Waals surface area contributed by atoms with Gasteiger partial charge in [-0.2, -0.15) is 0 Å². The highest BCUT2D eigenvalue weighted by molar-refractivity contribution is 7.09. The molecule has 4 atom stereocenters. The van der Waals surface area contributed by atoms with Crippen molar-refractivity contribution >= 4 is 40.7 Å². The summed E-state index contributed by atoms with van der Waals surface area (Å²) < 4.78 is 5.41. The summed E-state index contributed by atoms with van der Waals surface area (Å²) in [6.07, 6.45) is 0.850. The largest absolute Gasteiger partial charge is 0.444 e. The maximum atomic E-state index is 13.5. The fraction of sp³-hybridized carbons (Fsp3) is 0.417. The number of aliphatic hydroxyl groups is 1. The zero-order valence-corrected chi connectivity index (χ0v) is 30.0. The number of amides is 4. The second-order valence-corrected chi connectivity index (χ2v) is 14.1. The lowest BCUT2D eigenvalue weighted by Crippen LogP contribution is -2.53. The summed E-state index contributed by atoms with van der Waals surface area (Å²) in [7, 11) is 0. The van der Waals surface area contributed by atoms with Gasteiger partial charge in [0, 0.05) is 30.1 Å². The molecular formula is C36H46N6O5S2. The number of hydrogen-bond donors (Lipinski definition) is 4. The van der Waals surface area contributed by atoms with Crippen LogP contribution in [0, 0.1) is 0 Å². The molecule has 0 aliphatic heterocycles. The van der Waals surface area contributed by atoms with Crippen molar-refractivity contribution in [1.29, 1.82) is 0 Å². The second kappa shape index (κ2) is 19.0. The van der Waals surface area contributed by atoms with Crippen LogP contribution in [0.2, 0.25) is 0 Å². The summed E-state index contributed by atoms with van der Waals surface area (Å²) in [5.41, 5.74) is 4.37. The first-order chi connectivity index (χ1) is 23.6. The summed E-state index contributed by atoms with van der Waals surface area (Å²) in [6, 6.07) is 16.8. The molecule has 49 heavy (non-hydrogen) atoms. The average Bonchev–Trinajstić information content (AvgIpc) is 3.79. The second-order valence-electron chi connectivity index (χ2n) is 12.2. The number of nitrogens with zero attached hydrogens (tertiary/aromatic N) is 3. The minimum absolute atomic E-state index is 0.0686. The summed E-state index contributed by atoms with van der Waals surface area (Å²) >= 11 is 2.95. The number of nitrogens with one attached hydrogen (secondary N) is 3. The Morgan fingerprint density at radius 1 is 0.918 bits per heavy atom. The molecule has 4 rings (SSSR count). The number of carbonyl (C=O) groups excluding carboxylic acids is 3. The number of benzene rings is 2. The van der Waals surface area contributed by atoms with E-state index in [4.69, 9.17) is 4.74 Å². The van der Waals surface area contributed by atoms with Crippen LogP contribution in [0.4, 0.5) is 9.59 Å². The summed E-state index contributed by atoms with van der Waals surface area (Å²) in [6.45, 7) is 8.53. The van der Waals surface area contributed by atoms with Crippen molar-refractivity contribution in [2.45, 2.75) is 90.3 Å². The smallest absolute Gasteiger partial charge is 0.407 e. The molecule has 0 spiro atoms. The topological polar surface area (TPSA) is 146 Å². The van der Waals surface area contributed by atoms with Crippen molar-refractivity contribution in [2.75, 3.05) is 6.54 Å². The van der Waals surface area contributed by atoms with Crippen LogP contribution in [0.1, 0.15) is 66.7 Å². The SMILES string of the molecule is CCN(Cc1csc(C(C)C)n1)C(=O)N[C@@H](C)C(=O)N[C@@H](Cc1ccccc1)C[C@H](O)[C@H](Cc1ccccc1)NC(=O)OCc1cncs1. The zero-order chi connectivity index (χ0) is 35.2. The van der Waals surface area contributed by atoms with Gasteiger partial charge in [0.1, 0.15) is 12.6 Å². The molecule has 0 saturated carbocycles. The Morgan fingerprint density at radius 2 is 1.59 bits per heavy atom. The number of hydrogen-bond acceptors (Lipinski definition) is 9. The minimum atomic E-state index is -1.04. The van der Waals surface area contributed by atoms with E-state index in [0.717, 1.165) is 26.7 Å². The number of rotatable bonds is 17. The summed E-state index contributed by atoms with van der Waals surface area (Å²) in [4.78, 5) is 50.6.